The van der Waals surface area contributed by atoms with E-state index in [1.165, 1.54) is 38.5 Å². The molecule has 0 radical (unpaired) electrons. The van der Waals surface area contributed by atoms with Crippen molar-refractivity contribution in [1.29, 1.82) is 0 Å². The van der Waals surface area contributed by atoms with Crippen LogP contribution >= 0.6 is 0 Å². The summed E-state index contributed by atoms with van der Waals surface area (Å²) in [5, 5.41) is 2.78. The zero-order chi connectivity index (χ0) is 19.6. The Morgan fingerprint density at radius 3 is 2.37 bits per heavy atom. The number of hydrogen-bond acceptors (Lipinski definition) is 4. The maximum Gasteiger partial charge on any atom is 0.325 e. The van der Waals surface area contributed by atoms with Crippen LogP contribution < -0.4 is 14.8 Å². The van der Waals surface area contributed by atoms with Gasteiger partial charge in [0.2, 0.25) is 0 Å². The molecule has 1 N–H and O–H groups in total. The van der Waals surface area contributed by atoms with Crippen molar-refractivity contribution in [3.05, 3.63) is 59.4 Å². The summed E-state index contributed by atoms with van der Waals surface area (Å²) in [6.07, 6.45) is 0.342. The van der Waals surface area contributed by atoms with Crippen molar-refractivity contribution in [2.75, 3.05) is 14.2 Å². The van der Waals surface area contributed by atoms with Crippen LogP contribution in [-0.2, 0) is 16.9 Å². The molecular formula is C20H21FN2O4. The van der Waals surface area contributed by atoms with Crippen LogP contribution in [0.1, 0.15) is 24.5 Å². The highest BCUT2D eigenvalue weighted by Gasteiger charge is 2.51. The molecule has 1 saturated heterocycles. The third-order valence-electron chi connectivity index (χ3n) is 4.86. The minimum absolute atomic E-state index is 0.0357. The Balaban J connectivity index is 1.95. The highest BCUT2D eigenvalue weighted by atomic mass is 19.1. The summed E-state index contributed by atoms with van der Waals surface area (Å²) in [6.45, 7) is 1.84. The Kier molecular flexibility index (Phi) is 5.03. The van der Waals surface area contributed by atoms with Crippen molar-refractivity contribution in [3.63, 3.8) is 0 Å². The fraction of sp³-hybridized carbons (Fsp3) is 0.300. The van der Waals surface area contributed by atoms with E-state index in [1.807, 2.05) is 0 Å². The van der Waals surface area contributed by atoms with Crippen LogP contribution in [0.2, 0.25) is 0 Å². The van der Waals surface area contributed by atoms with Crippen LogP contribution in [0.25, 0.3) is 0 Å². The van der Waals surface area contributed by atoms with Crippen LogP contribution in [0.5, 0.6) is 11.5 Å². The molecule has 1 aliphatic heterocycles. The molecule has 7 heteroatoms. The number of benzene rings is 2. The van der Waals surface area contributed by atoms with Gasteiger partial charge in [0, 0.05) is 5.56 Å². The van der Waals surface area contributed by atoms with Gasteiger partial charge in [-0.25, -0.2) is 9.18 Å². The number of halogens is 1. The van der Waals surface area contributed by atoms with E-state index in [0.29, 0.717) is 29.0 Å². The highest BCUT2D eigenvalue weighted by Crippen LogP contribution is 2.34. The average Bonchev–Trinajstić information content (AvgIpc) is 2.93. The largest absolute Gasteiger partial charge is 0.497 e. The molecule has 0 unspecified atom stereocenters. The molecule has 1 heterocycles. The molecule has 1 aliphatic rings. The fourth-order valence-corrected chi connectivity index (χ4v) is 3.32. The van der Waals surface area contributed by atoms with Gasteiger partial charge in [-0.1, -0.05) is 19.1 Å². The molecule has 0 spiro atoms. The lowest BCUT2D eigenvalue weighted by atomic mass is 9.87. The highest BCUT2D eigenvalue weighted by molar-refractivity contribution is 6.07. The number of ether oxygens (including phenoxy) is 2. The molecule has 2 aromatic carbocycles. The zero-order valence-electron chi connectivity index (χ0n) is 15.4. The third kappa shape index (κ3) is 3.20. The maximum atomic E-state index is 13.3. The fourth-order valence-electron chi connectivity index (χ4n) is 3.32. The second-order valence-corrected chi connectivity index (χ2v) is 6.27. The van der Waals surface area contributed by atoms with Crippen LogP contribution in [0, 0.1) is 5.82 Å². The van der Waals surface area contributed by atoms with E-state index < -0.39 is 17.4 Å². The number of nitrogens with one attached hydrogen (secondary N) is 1. The molecule has 6 nitrogen and oxygen atoms in total. The Morgan fingerprint density at radius 2 is 1.78 bits per heavy atom. The quantitative estimate of drug-likeness (QED) is 0.791. The van der Waals surface area contributed by atoms with Crippen molar-refractivity contribution in [1.82, 2.24) is 10.2 Å². The van der Waals surface area contributed by atoms with Gasteiger partial charge in [-0.3, -0.25) is 9.69 Å². The lowest BCUT2D eigenvalue weighted by Crippen LogP contribution is -2.43. The number of nitrogens with zero attached hydrogens (tertiary/aromatic N) is 1. The van der Waals surface area contributed by atoms with Gasteiger partial charge >= 0.3 is 6.03 Å². The first-order valence-corrected chi connectivity index (χ1v) is 8.56. The van der Waals surface area contributed by atoms with Crippen molar-refractivity contribution >= 4 is 11.9 Å². The lowest BCUT2D eigenvalue weighted by Gasteiger charge is -2.26. The van der Waals surface area contributed by atoms with Crippen LogP contribution in [0.3, 0.4) is 0 Å². The van der Waals surface area contributed by atoms with Crippen molar-refractivity contribution < 1.29 is 23.5 Å². The summed E-state index contributed by atoms with van der Waals surface area (Å²) < 4.78 is 23.8. The van der Waals surface area contributed by atoms with Crippen LogP contribution in [-0.4, -0.2) is 31.1 Å². The van der Waals surface area contributed by atoms with Gasteiger partial charge in [0.15, 0.2) is 0 Å². The minimum Gasteiger partial charge on any atom is -0.497 e. The van der Waals surface area contributed by atoms with Crippen molar-refractivity contribution in [2.45, 2.75) is 25.4 Å². The molecule has 3 rings (SSSR count). The number of urea groups is 1. The Bertz CT molecular complexity index is 869. The van der Waals surface area contributed by atoms with Gasteiger partial charge in [-0.05, 0) is 42.3 Å². The van der Waals surface area contributed by atoms with E-state index in [2.05, 4.69) is 5.32 Å². The number of imide groups is 1. The molecular weight excluding hydrogens is 351 g/mol. The summed E-state index contributed by atoms with van der Waals surface area (Å²) in [7, 11) is 3.06. The van der Waals surface area contributed by atoms with E-state index in [4.69, 9.17) is 9.47 Å². The maximum absolute atomic E-state index is 13.3. The molecule has 1 atom stereocenters. The van der Waals surface area contributed by atoms with Gasteiger partial charge in [0.05, 0.1) is 20.8 Å². The summed E-state index contributed by atoms with van der Waals surface area (Å²) in [5.41, 5.74) is -0.0205. The second-order valence-electron chi connectivity index (χ2n) is 6.27. The molecule has 1 fully saturated rings. The Hall–Kier alpha value is -3.09. The third-order valence-corrected chi connectivity index (χ3v) is 4.86. The van der Waals surface area contributed by atoms with E-state index in [-0.39, 0.29) is 12.5 Å². The van der Waals surface area contributed by atoms with Crippen molar-refractivity contribution in [2.24, 2.45) is 0 Å². The number of amides is 3. The van der Waals surface area contributed by atoms with Crippen molar-refractivity contribution in [3.8, 4) is 11.5 Å². The summed E-state index contributed by atoms with van der Waals surface area (Å²) >= 11 is 0. The predicted octanol–water partition coefficient (Wildman–Crippen LogP) is 3.20. The zero-order valence-corrected chi connectivity index (χ0v) is 15.4. The topological polar surface area (TPSA) is 67.9 Å². The monoisotopic (exact) mass is 372 g/mol. The Labute approximate surface area is 156 Å². The van der Waals surface area contributed by atoms with E-state index in [1.54, 1.807) is 25.1 Å². The van der Waals surface area contributed by atoms with Gasteiger partial charge < -0.3 is 14.8 Å². The Morgan fingerprint density at radius 1 is 1.07 bits per heavy atom. The van der Waals surface area contributed by atoms with Gasteiger partial charge in [-0.15, -0.1) is 0 Å². The normalized spacial score (nSPS) is 19.2. The van der Waals surface area contributed by atoms with E-state index in [0.717, 1.165) is 4.90 Å². The number of carbonyl (C=O) groups is 2. The number of methoxy groups -OCH3 is 2. The first-order valence-electron chi connectivity index (χ1n) is 8.56. The number of carbonyl (C=O) groups excluding carboxylic acids is 2. The standard InChI is InChI=1S/C20H21FN2O4/c1-4-20(14-5-7-15(21)8-6-14)18(24)23(19(25)22-20)12-13-11-16(26-2)9-10-17(13)27-3/h5-11H,4,12H2,1-3H3,(H,22,25)/t20-/m1/s1. The van der Waals surface area contributed by atoms with Crippen LogP contribution in [0.4, 0.5) is 9.18 Å². The van der Waals surface area contributed by atoms with Gasteiger partial charge in [0.25, 0.3) is 5.91 Å². The van der Waals surface area contributed by atoms with E-state index >= 15 is 0 Å². The molecule has 3 amide bonds. The molecule has 2 aromatic rings. The van der Waals surface area contributed by atoms with Gasteiger partial charge in [0.1, 0.15) is 22.9 Å². The minimum atomic E-state index is -1.21. The summed E-state index contributed by atoms with van der Waals surface area (Å²) in [4.78, 5) is 26.9. The average molecular weight is 372 g/mol. The smallest absolute Gasteiger partial charge is 0.325 e. The molecule has 0 bridgehead atoms. The molecule has 27 heavy (non-hydrogen) atoms. The molecule has 0 aliphatic carbocycles. The predicted molar refractivity (Wildman–Crippen MR) is 97.0 cm³/mol. The van der Waals surface area contributed by atoms with Gasteiger partial charge in [-0.2, -0.15) is 0 Å². The SMILES string of the molecule is CC[C@]1(c2ccc(F)cc2)NC(=O)N(Cc2cc(OC)ccc2OC)C1=O. The van der Waals surface area contributed by atoms with E-state index in [9.17, 15) is 14.0 Å². The molecule has 142 valence electrons. The lowest BCUT2D eigenvalue weighted by molar-refractivity contribution is -0.132. The van der Waals surface area contributed by atoms with Crippen LogP contribution in [0.15, 0.2) is 42.5 Å². The first kappa shape index (κ1) is 18.7. The number of hydrogen-bond donors (Lipinski definition) is 1. The summed E-state index contributed by atoms with van der Waals surface area (Å²) in [6, 6.07) is 10.3. The summed E-state index contributed by atoms with van der Waals surface area (Å²) in [5.74, 6) is 0.358. The first-order chi connectivity index (χ1) is 12.9. The molecule has 0 aromatic heterocycles. The second kappa shape index (κ2) is 7.26. The molecule has 0 saturated carbocycles. The number of rotatable bonds is 6.